The predicted molar refractivity (Wildman–Crippen MR) is 133 cm³/mol. The highest BCUT2D eigenvalue weighted by Gasteiger charge is 2.25. The number of hydrogen-bond donors (Lipinski definition) is 1. The zero-order valence-electron chi connectivity index (χ0n) is 18.1. The fraction of sp³-hybridized carbons (Fsp3) is 0.200. The second kappa shape index (κ2) is 9.67. The first-order valence-corrected chi connectivity index (χ1v) is 11.6. The van der Waals surface area contributed by atoms with Crippen molar-refractivity contribution < 1.29 is 14.3 Å². The van der Waals surface area contributed by atoms with Gasteiger partial charge in [-0.2, -0.15) is 0 Å². The van der Waals surface area contributed by atoms with E-state index >= 15 is 0 Å². The molecule has 0 bridgehead atoms. The molecule has 3 aromatic carbocycles. The molecule has 1 aliphatic rings. The third kappa shape index (κ3) is 4.61. The molecule has 0 spiro atoms. The average Bonchev–Trinajstić information content (AvgIpc) is 3.12. The Bertz CT molecular complexity index is 1250. The van der Waals surface area contributed by atoms with Crippen molar-refractivity contribution in [3.05, 3.63) is 69.6 Å². The fourth-order valence-electron chi connectivity index (χ4n) is 3.43. The molecule has 0 aliphatic carbocycles. The topological polar surface area (TPSA) is 59.9 Å². The number of ether oxygens (including phenoxy) is 2. The smallest absolute Gasteiger partial charge is 0.264 e. The number of amidine groups is 1. The van der Waals surface area contributed by atoms with E-state index in [-0.39, 0.29) is 5.91 Å². The molecule has 1 amide bonds. The van der Waals surface area contributed by atoms with Crippen LogP contribution in [0.15, 0.2) is 58.4 Å². The lowest BCUT2D eigenvalue weighted by atomic mass is 10.0. The minimum Gasteiger partial charge on any atom is -0.494 e. The zero-order valence-corrected chi connectivity index (χ0v) is 19.6. The number of halogens is 1. The number of hydrogen-bond acceptors (Lipinski definition) is 5. The highest BCUT2D eigenvalue weighted by atomic mass is 35.5. The summed E-state index contributed by atoms with van der Waals surface area (Å²) in [6, 6.07) is 15.4. The largest absolute Gasteiger partial charge is 0.494 e. The summed E-state index contributed by atoms with van der Waals surface area (Å²) in [5.74, 6) is 1.29. The molecule has 0 aromatic heterocycles. The van der Waals surface area contributed by atoms with Crippen LogP contribution in [0, 0.1) is 6.92 Å². The lowest BCUT2D eigenvalue weighted by Crippen LogP contribution is -2.19. The first-order valence-electron chi connectivity index (χ1n) is 10.4. The molecule has 1 aliphatic heterocycles. The molecule has 32 heavy (non-hydrogen) atoms. The van der Waals surface area contributed by atoms with Crippen LogP contribution in [0.5, 0.6) is 11.5 Å². The van der Waals surface area contributed by atoms with Gasteiger partial charge in [0.15, 0.2) is 5.17 Å². The van der Waals surface area contributed by atoms with Crippen molar-refractivity contribution in [3.8, 4) is 11.5 Å². The second-order valence-electron chi connectivity index (χ2n) is 7.09. The van der Waals surface area contributed by atoms with E-state index in [2.05, 4.69) is 10.3 Å². The molecule has 1 fully saturated rings. The van der Waals surface area contributed by atoms with Gasteiger partial charge < -0.3 is 14.8 Å². The summed E-state index contributed by atoms with van der Waals surface area (Å²) in [7, 11) is 0. The molecule has 5 nitrogen and oxygen atoms in total. The quantitative estimate of drug-likeness (QED) is 0.422. The van der Waals surface area contributed by atoms with E-state index < -0.39 is 0 Å². The van der Waals surface area contributed by atoms with E-state index in [0.717, 1.165) is 33.3 Å². The van der Waals surface area contributed by atoms with Gasteiger partial charge in [-0.05, 0) is 85.3 Å². The fourth-order valence-corrected chi connectivity index (χ4v) is 4.41. The maximum atomic E-state index is 12.7. The summed E-state index contributed by atoms with van der Waals surface area (Å²) in [6.07, 6.45) is 1.86. The van der Waals surface area contributed by atoms with Crippen molar-refractivity contribution in [1.82, 2.24) is 5.32 Å². The van der Waals surface area contributed by atoms with Gasteiger partial charge in [0.25, 0.3) is 5.91 Å². The van der Waals surface area contributed by atoms with Crippen molar-refractivity contribution in [2.75, 3.05) is 13.2 Å². The van der Waals surface area contributed by atoms with Gasteiger partial charge in [-0.25, -0.2) is 4.99 Å². The van der Waals surface area contributed by atoms with Gasteiger partial charge in [0.2, 0.25) is 0 Å². The number of amides is 1. The molecule has 0 atom stereocenters. The summed E-state index contributed by atoms with van der Waals surface area (Å²) in [6.45, 7) is 6.89. The van der Waals surface area contributed by atoms with Crippen LogP contribution in [0.25, 0.3) is 16.8 Å². The minimum atomic E-state index is -0.200. The number of thioether (sulfide) groups is 1. The van der Waals surface area contributed by atoms with Crippen LogP contribution in [-0.4, -0.2) is 24.3 Å². The maximum Gasteiger partial charge on any atom is 0.264 e. The molecular formula is C25H23ClN2O3S. The third-order valence-electron chi connectivity index (χ3n) is 4.99. The number of benzene rings is 3. The van der Waals surface area contributed by atoms with Gasteiger partial charge in [-0.15, -0.1) is 0 Å². The van der Waals surface area contributed by atoms with E-state index in [1.807, 2.05) is 75.4 Å². The van der Waals surface area contributed by atoms with Crippen LogP contribution in [-0.2, 0) is 4.79 Å². The zero-order chi connectivity index (χ0) is 22.7. The molecule has 4 rings (SSSR count). The lowest BCUT2D eigenvalue weighted by Gasteiger charge is -2.12. The van der Waals surface area contributed by atoms with E-state index in [1.54, 1.807) is 0 Å². The molecule has 1 N–H and O–H groups in total. The van der Waals surface area contributed by atoms with Gasteiger partial charge in [-0.3, -0.25) is 4.79 Å². The van der Waals surface area contributed by atoms with Gasteiger partial charge in [0, 0.05) is 10.6 Å². The van der Waals surface area contributed by atoms with Gasteiger partial charge in [0.1, 0.15) is 11.5 Å². The molecule has 1 heterocycles. The highest BCUT2D eigenvalue weighted by Crippen LogP contribution is 2.36. The number of aliphatic imine (C=N–C) groups is 1. The van der Waals surface area contributed by atoms with Gasteiger partial charge >= 0.3 is 0 Å². The van der Waals surface area contributed by atoms with E-state index in [4.69, 9.17) is 21.1 Å². The van der Waals surface area contributed by atoms with Crippen molar-refractivity contribution in [2.45, 2.75) is 20.8 Å². The van der Waals surface area contributed by atoms with E-state index in [0.29, 0.717) is 34.1 Å². The van der Waals surface area contributed by atoms with E-state index in [9.17, 15) is 4.79 Å². The first-order chi connectivity index (χ1) is 15.5. The van der Waals surface area contributed by atoms with Crippen molar-refractivity contribution >= 4 is 57.0 Å². The number of carbonyl (C=O) groups is 1. The standard InChI is InChI=1S/C25H23ClN2O3S/c1-4-30-17-11-9-16-10-12-22(31-5-2)19(18(16)13-17)14-23-24(29)28-25(32-23)27-21-8-6-7-20(26)15(21)3/h6-14H,4-5H2,1-3H3,(H,27,28,29)/b23-14+. The van der Waals surface area contributed by atoms with Gasteiger partial charge in [-0.1, -0.05) is 29.8 Å². The number of carbonyl (C=O) groups excluding carboxylic acids is 1. The molecule has 3 aromatic rings. The molecule has 1 saturated heterocycles. The Balaban J connectivity index is 1.76. The molecule has 0 unspecified atom stereocenters. The Morgan fingerprint density at radius 3 is 2.66 bits per heavy atom. The van der Waals surface area contributed by atoms with Crippen LogP contribution in [0.4, 0.5) is 5.69 Å². The van der Waals surface area contributed by atoms with Crippen LogP contribution >= 0.6 is 23.4 Å². The summed E-state index contributed by atoms with van der Waals surface area (Å²) in [5, 5.41) is 5.99. The Hall–Kier alpha value is -2.96. The third-order valence-corrected chi connectivity index (χ3v) is 6.31. The van der Waals surface area contributed by atoms with Crippen LogP contribution in [0.3, 0.4) is 0 Å². The lowest BCUT2D eigenvalue weighted by molar-refractivity contribution is -0.115. The SMILES string of the molecule is CCOc1ccc2ccc(OCC)c(/C=C3/SC(=Nc4cccc(Cl)c4C)NC3=O)c2c1. The number of fused-ring (bicyclic) bond motifs is 1. The molecule has 164 valence electrons. The second-order valence-corrected chi connectivity index (χ2v) is 8.53. The Morgan fingerprint density at radius 2 is 1.88 bits per heavy atom. The van der Waals surface area contributed by atoms with Gasteiger partial charge in [0.05, 0.1) is 23.8 Å². The number of nitrogens with one attached hydrogen (secondary N) is 1. The Labute approximate surface area is 196 Å². The normalized spacial score (nSPS) is 16.1. The molecule has 7 heteroatoms. The Morgan fingerprint density at radius 1 is 1.09 bits per heavy atom. The first kappa shape index (κ1) is 22.2. The summed E-state index contributed by atoms with van der Waals surface area (Å²) in [5.41, 5.74) is 2.43. The minimum absolute atomic E-state index is 0.200. The molecule has 0 radical (unpaired) electrons. The Kier molecular flexibility index (Phi) is 6.72. The summed E-state index contributed by atoms with van der Waals surface area (Å²) in [4.78, 5) is 17.9. The number of rotatable bonds is 6. The van der Waals surface area contributed by atoms with Crippen molar-refractivity contribution in [1.29, 1.82) is 0 Å². The predicted octanol–water partition coefficient (Wildman–Crippen LogP) is 6.49. The van der Waals surface area contributed by atoms with Crippen LogP contribution < -0.4 is 14.8 Å². The summed E-state index contributed by atoms with van der Waals surface area (Å²) >= 11 is 7.50. The number of nitrogens with zero attached hydrogens (tertiary/aromatic N) is 1. The highest BCUT2D eigenvalue weighted by molar-refractivity contribution is 8.18. The van der Waals surface area contributed by atoms with Crippen LogP contribution in [0.2, 0.25) is 5.02 Å². The van der Waals surface area contributed by atoms with Crippen molar-refractivity contribution in [3.63, 3.8) is 0 Å². The average molecular weight is 467 g/mol. The summed E-state index contributed by atoms with van der Waals surface area (Å²) < 4.78 is 11.6. The molecule has 0 saturated carbocycles. The monoisotopic (exact) mass is 466 g/mol. The van der Waals surface area contributed by atoms with Crippen molar-refractivity contribution in [2.24, 2.45) is 4.99 Å². The van der Waals surface area contributed by atoms with Crippen LogP contribution in [0.1, 0.15) is 25.0 Å². The maximum absolute atomic E-state index is 12.7. The molecular weight excluding hydrogens is 444 g/mol. The van der Waals surface area contributed by atoms with E-state index in [1.165, 1.54) is 11.8 Å².